The normalized spacial score (nSPS) is 20.2. The molecule has 5 heteroatoms. The summed E-state index contributed by atoms with van der Waals surface area (Å²) >= 11 is 0. The van der Waals surface area contributed by atoms with Gasteiger partial charge in [-0.15, -0.1) is 12.4 Å². The molecule has 1 aliphatic rings. The van der Waals surface area contributed by atoms with E-state index in [4.69, 9.17) is 5.73 Å². The van der Waals surface area contributed by atoms with Gasteiger partial charge < -0.3 is 10.6 Å². The largest absolute Gasteiger partial charge is 0.338 e. The highest BCUT2D eigenvalue weighted by atomic mass is 35.5. The predicted molar refractivity (Wildman–Crippen MR) is 80.7 cm³/mol. The fourth-order valence-corrected chi connectivity index (χ4v) is 2.62. The Bertz CT molecular complexity index is 479. The molecule has 20 heavy (non-hydrogen) atoms. The van der Waals surface area contributed by atoms with Gasteiger partial charge in [-0.2, -0.15) is 0 Å². The van der Waals surface area contributed by atoms with E-state index in [1.54, 1.807) is 11.0 Å². The summed E-state index contributed by atoms with van der Waals surface area (Å²) in [4.78, 5) is 14.3. The number of nitrogens with two attached hydrogens (primary N) is 1. The van der Waals surface area contributed by atoms with E-state index in [9.17, 15) is 9.18 Å². The average molecular weight is 301 g/mol. The lowest BCUT2D eigenvalue weighted by Crippen LogP contribution is -2.45. The van der Waals surface area contributed by atoms with Crippen LogP contribution < -0.4 is 5.73 Å². The molecule has 1 aromatic rings. The number of amides is 1. The first-order chi connectivity index (χ1) is 8.99. The van der Waals surface area contributed by atoms with Crippen LogP contribution in [0.2, 0.25) is 0 Å². The summed E-state index contributed by atoms with van der Waals surface area (Å²) in [6.45, 7) is 5.22. The first-order valence-electron chi connectivity index (χ1n) is 6.80. The lowest BCUT2D eigenvalue weighted by Gasteiger charge is -2.35. The molecule has 3 nitrogen and oxygen atoms in total. The lowest BCUT2D eigenvalue weighted by molar-refractivity contribution is 0.0659. The van der Waals surface area contributed by atoms with Gasteiger partial charge in [0.25, 0.3) is 5.91 Å². The maximum Gasteiger partial charge on any atom is 0.254 e. The molecule has 112 valence electrons. The molecule has 0 radical (unpaired) electrons. The fraction of sp³-hybridized carbons (Fsp3) is 0.533. The lowest BCUT2D eigenvalue weighted by atomic mass is 9.91. The smallest absolute Gasteiger partial charge is 0.254 e. The van der Waals surface area contributed by atoms with Crippen LogP contribution in [0.3, 0.4) is 0 Å². The molecule has 1 amide bonds. The van der Waals surface area contributed by atoms with E-state index in [-0.39, 0.29) is 30.2 Å². The molecule has 2 atom stereocenters. The SMILES string of the molecule is Cc1ccc(F)cc1C(=O)N1CCCC(C(C)N)C1.Cl. The summed E-state index contributed by atoms with van der Waals surface area (Å²) in [6.07, 6.45) is 2.02. The standard InChI is InChI=1S/C15H21FN2O.ClH/c1-10-5-6-13(16)8-14(10)15(19)18-7-3-4-12(9-18)11(2)17;/h5-6,8,11-12H,3-4,7,9,17H2,1-2H3;1H. The van der Waals surface area contributed by atoms with Crippen molar-refractivity contribution in [1.82, 2.24) is 4.90 Å². The minimum absolute atomic E-state index is 0. The van der Waals surface area contributed by atoms with Gasteiger partial charge in [0.2, 0.25) is 0 Å². The molecule has 0 aromatic heterocycles. The summed E-state index contributed by atoms with van der Waals surface area (Å²) in [6, 6.07) is 4.44. The molecule has 0 aliphatic carbocycles. The van der Waals surface area contributed by atoms with Gasteiger partial charge in [-0.3, -0.25) is 4.79 Å². The number of nitrogens with zero attached hydrogens (tertiary/aromatic N) is 1. The van der Waals surface area contributed by atoms with Crippen LogP contribution in [0.25, 0.3) is 0 Å². The Morgan fingerprint density at radius 2 is 2.20 bits per heavy atom. The molecule has 0 bridgehead atoms. The Labute approximate surface area is 125 Å². The maximum atomic E-state index is 13.3. The van der Waals surface area contributed by atoms with Crippen LogP contribution in [-0.4, -0.2) is 29.9 Å². The van der Waals surface area contributed by atoms with Gasteiger partial charge in [0.15, 0.2) is 0 Å². The van der Waals surface area contributed by atoms with Crippen LogP contribution >= 0.6 is 12.4 Å². The van der Waals surface area contributed by atoms with E-state index in [0.717, 1.165) is 24.9 Å². The van der Waals surface area contributed by atoms with Crippen LogP contribution in [0, 0.1) is 18.7 Å². The Morgan fingerprint density at radius 3 is 2.85 bits per heavy atom. The molecule has 1 aliphatic heterocycles. The van der Waals surface area contributed by atoms with Crippen molar-refractivity contribution in [3.63, 3.8) is 0 Å². The molecule has 0 saturated carbocycles. The molecule has 1 heterocycles. The third-order valence-corrected chi connectivity index (χ3v) is 3.92. The first-order valence-corrected chi connectivity index (χ1v) is 6.80. The van der Waals surface area contributed by atoms with Crippen molar-refractivity contribution in [2.45, 2.75) is 32.7 Å². The van der Waals surface area contributed by atoms with Gasteiger partial charge in [-0.25, -0.2) is 4.39 Å². The predicted octanol–water partition coefficient (Wildman–Crippen LogP) is 2.76. The highest BCUT2D eigenvalue weighted by molar-refractivity contribution is 5.95. The molecular formula is C15H22ClFN2O. The van der Waals surface area contributed by atoms with Gasteiger partial charge in [0.05, 0.1) is 0 Å². The monoisotopic (exact) mass is 300 g/mol. The minimum atomic E-state index is -0.366. The molecule has 2 rings (SSSR count). The van der Waals surface area contributed by atoms with Crippen LogP contribution in [-0.2, 0) is 0 Å². The molecule has 1 aromatic carbocycles. The van der Waals surface area contributed by atoms with Crippen molar-refractivity contribution in [3.8, 4) is 0 Å². The average Bonchev–Trinajstić information content (AvgIpc) is 2.41. The Morgan fingerprint density at radius 1 is 1.50 bits per heavy atom. The van der Waals surface area contributed by atoms with Crippen molar-refractivity contribution in [2.75, 3.05) is 13.1 Å². The van der Waals surface area contributed by atoms with E-state index in [1.165, 1.54) is 12.1 Å². The number of halogens is 2. The Kier molecular flexibility index (Phi) is 5.96. The van der Waals surface area contributed by atoms with Crippen molar-refractivity contribution in [1.29, 1.82) is 0 Å². The van der Waals surface area contributed by atoms with Crippen molar-refractivity contribution >= 4 is 18.3 Å². The third-order valence-electron chi connectivity index (χ3n) is 3.92. The van der Waals surface area contributed by atoms with E-state index in [0.29, 0.717) is 18.0 Å². The van der Waals surface area contributed by atoms with Crippen LogP contribution in [0.4, 0.5) is 4.39 Å². The second kappa shape index (κ2) is 7.04. The number of hydrogen-bond acceptors (Lipinski definition) is 2. The summed E-state index contributed by atoms with van der Waals surface area (Å²) < 4.78 is 13.3. The number of carbonyl (C=O) groups is 1. The third kappa shape index (κ3) is 3.70. The zero-order valence-corrected chi connectivity index (χ0v) is 12.8. The van der Waals surface area contributed by atoms with Crippen LogP contribution in [0.1, 0.15) is 35.7 Å². The van der Waals surface area contributed by atoms with Crippen LogP contribution in [0.15, 0.2) is 18.2 Å². The first kappa shape index (κ1) is 16.9. The molecule has 1 saturated heterocycles. The summed E-state index contributed by atoms with van der Waals surface area (Å²) in [5.41, 5.74) is 7.20. The number of hydrogen-bond donors (Lipinski definition) is 1. The van der Waals surface area contributed by atoms with E-state index >= 15 is 0 Å². The molecule has 1 fully saturated rings. The van der Waals surface area contributed by atoms with Gasteiger partial charge >= 0.3 is 0 Å². The summed E-state index contributed by atoms with van der Waals surface area (Å²) in [5.74, 6) is -0.108. The van der Waals surface area contributed by atoms with Gasteiger partial charge in [-0.05, 0) is 50.3 Å². The van der Waals surface area contributed by atoms with Gasteiger partial charge in [0, 0.05) is 24.7 Å². The molecular weight excluding hydrogens is 279 g/mol. The second-order valence-corrected chi connectivity index (χ2v) is 5.47. The highest BCUT2D eigenvalue weighted by Crippen LogP contribution is 2.22. The van der Waals surface area contributed by atoms with Crippen molar-refractivity contribution in [2.24, 2.45) is 11.7 Å². The summed E-state index contributed by atoms with van der Waals surface area (Å²) in [7, 11) is 0. The van der Waals surface area contributed by atoms with E-state index < -0.39 is 0 Å². The second-order valence-electron chi connectivity index (χ2n) is 5.47. The van der Waals surface area contributed by atoms with Crippen molar-refractivity contribution < 1.29 is 9.18 Å². The van der Waals surface area contributed by atoms with Crippen molar-refractivity contribution in [3.05, 3.63) is 35.1 Å². The number of aryl methyl sites for hydroxylation is 1. The minimum Gasteiger partial charge on any atom is -0.338 e. The Balaban J connectivity index is 0.00000200. The van der Waals surface area contributed by atoms with Gasteiger partial charge in [-0.1, -0.05) is 6.07 Å². The highest BCUT2D eigenvalue weighted by Gasteiger charge is 2.27. The zero-order valence-electron chi connectivity index (χ0n) is 11.9. The Hall–Kier alpha value is -1.13. The number of piperidine rings is 1. The molecule has 2 N–H and O–H groups in total. The quantitative estimate of drug-likeness (QED) is 0.913. The van der Waals surface area contributed by atoms with E-state index in [2.05, 4.69) is 0 Å². The molecule has 0 spiro atoms. The topological polar surface area (TPSA) is 46.3 Å². The fourth-order valence-electron chi connectivity index (χ4n) is 2.62. The van der Waals surface area contributed by atoms with Gasteiger partial charge in [0.1, 0.15) is 5.82 Å². The number of likely N-dealkylation sites (tertiary alicyclic amines) is 1. The number of rotatable bonds is 2. The molecule has 2 unspecified atom stereocenters. The number of carbonyl (C=O) groups excluding carboxylic acids is 1. The number of benzene rings is 1. The zero-order chi connectivity index (χ0) is 14.0. The summed E-state index contributed by atoms with van der Waals surface area (Å²) in [5, 5.41) is 0. The maximum absolute atomic E-state index is 13.3. The van der Waals surface area contributed by atoms with E-state index in [1.807, 2.05) is 13.8 Å². The van der Waals surface area contributed by atoms with Crippen LogP contribution in [0.5, 0.6) is 0 Å².